The van der Waals surface area contributed by atoms with Gasteiger partial charge in [0.05, 0.1) is 16.2 Å². The maximum atomic E-state index is 11.5. The van der Waals surface area contributed by atoms with Crippen LogP contribution in [0.25, 0.3) is 10.8 Å². The van der Waals surface area contributed by atoms with Crippen molar-refractivity contribution in [2.75, 3.05) is 0 Å². The molecule has 0 atom stereocenters. The van der Waals surface area contributed by atoms with Crippen molar-refractivity contribution in [2.24, 2.45) is 10.2 Å². The molecule has 27 heavy (non-hydrogen) atoms. The molecule has 0 radical (unpaired) electrons. The Kier molecular flexibility index (Phi) is 4.60. The first-order valence-electron chi connectivity index (χ1n) is 7.58. The highest BCUT2D eigenvalue weighted by Gasteiger charge is 2.21. The molecule has 0 heterocycles. The lowest BCUT2D eigenvalue weighted by Gasteiger charge is -2.08. The lowest BCUT2D eigenvalue weighted by atomic mass is 10.1. The standard InChI is InChI=1S/C17H13N3O6S/c1-10-13(7-4-8-14(10)20(22)23)18-19-16-12-6-3-2-5-11(12)9-15(17(16)21)27(24,25)26/h2-9,21H,1H3,(H,24,25,26). The number of nitro groups is 1. The first-order valence-corrected chi connectivity index (χ1v) is 9.02. The monoisotopic (exact) mass is 387 g/mol. The number of azo groups is 1. The van der Waals surface area contributed by atoms with E-state index in [0.717, 1.165) is 6.07 Å². The van der Waals surface area contributed by atoms with Gasteiger partial charge in [0.15, 0.2) is 5.75 Å². The number of hydrogen-bond acceptors (Lipinski definition) is 7. The second-order valence-corrected chi connectivity index (χ2v) is 7.04. The average Bonchev–Trinajstić information content (AvgIpc) is 2.60. The van der Waals surface area contributed by atoms with Crippen LogP contribution in [0, 0.1) is 17.0 Å². The molecule has 3 rings (SSSR count). The van der Waals surface area contributed by atoms with Crippen molar-refractivity contribution in [2.45, 2.75) is 11.8 Å². The summed E-state index contributed by atoms with van der Waals surface area (Å²) in [6.45, 7) is 1.50. The van der Waals surface area contributed by atoms with E-state index in [1.165, 1.54) is 25.1 Å². The predicted octanol–water partition coefficient (Wildman–Crippen LogP) is 4.42. The second-order valence-electron chi connectivity index (χ2n) is 5.65. The summed E-state index contributed by atoms with van der Waals surface area (Å²) in [6.07, 6.45) is 0. The molecule has 0 bridgehead atoms. The van der Waals surface area contributed by atoms with Gasteiger partial charge < -0.3 is 5.11 Å². The Morgan fingerprint density at radius 1 is 1.07 bits per heavy atom. The minimum atomic E-state index is -4.70. The van der Waals surface area contributed by atoms with Crippen LogP contribution in [0.5, 0.6) is 5.75 Å². The Morgan fingerprint density at radius 3 is 2.44 bits per heavy atom. The summed E-state index contributed by atoms with van der Waals surface area (Å²) in [5.41, 5.74) is 0.129. The Bertz CT molecular complexity index is 1200. The SMILES string of the molecule is Cc1c(N=Nc2c(O)c(S(=O)(=O)O)cc3ccccc23)cccc1[N+](=O)[O-]. The van der Waals surface area contributed by atoms with Gasteiger partial charge >= 0.3 is 0 Å². The first-order chi connectivity index (χ1) is 12.7. The number of nitrogens with zero attached hydrogens (tertiary/aromatic N) is 3. The molecule has 3 aromatic carbocycles. The number of benzene rings is 3. The summed E-state index contributed by atoms with van der Waals surface area (Å²) in [5, 5.41) is 30.0. The molecule has 0 aliphatic carbocycles. The van der Waals surface area contributed by atoms with Crippen molar-refractivity contribution < 1.29 is 23.0 Å². The Morgan fingerprint density at radius 2 is 1.78 bits per heavy atom. The van der Waals surface area contributed by atoms with Crippen molar-refractivity contribution in [3.8, 4) is 5.75 Å². The number of fused-ring (bicyclic) bond motifs is 1. The molecule has 0 fully saturated rings. The smallest absolute Gasteiger partial charge is 0.298 e. The van der Waals surface area contributed by atoms with Gasteiger partial charge in [0.1, 0.15) is 10.6 Å². The minimum absolute atomic E-state index is 0.146. The molecule has 0 unspecified atom stereocenters. The van der Waals surface area contributed by atoms with Crippen LogP contribution in [-0.4, -0.2) is 23.0 Å². The Balaban J connectivity index is 2.23. The molecule has 0 spiro atoms. The van der Waals surface area contributed by atoms with E-state index in [9.17, 15) is 28.2 Å². The molecule has 0 amide bonds. The molecule has 3 aromatic rings. The fourth-order valence-electron chi connectivity index (χ4n) is 2.61. The third-order valence-corrected chi connectivity index (χ3v) is 4.84. The predicted molar refractivity (Wildman–Crippen MR) is 97.4 cm³/mol. The van der Waals surface area contributed by atoms with Crippen LogP contribution in [0.15, 0.2) is 63.7 Å². The molecule has 0 saturated heterocycles. The van der Waals surface area contributed by atoms with Crippen LogP contribution in [-0.2, 0) is 10.1 Å². The zero-order chi connectivity index (χ0) is 19.8. The fraction of sp³-hybridized carbons (Fsp3) is 0.0588. The third kappa shape index (κ3) is 3.48. The van der Waals surface area contributed by atoms with Crippen molar-refractivity contribution in [1.29, 1.82) is 0 Å². The highest BCUT2D eigenvalue weighted by molar-refractivity contribution is 7.86. The molecule has 2 N–H and O–H groups in total. The zero-order valence-corrected chi connectivity index (χ0v) is 14.7. The molecule has 0 aromatic heterocycles. The number of nitro benzene ring substituents is 1. The van der Waals surface area contributed by atoms with Crippen LogP contribution in [0.4, 0.5) is 17.1 Å². The molecule has 0 aliphatic rings. The summed E-state index contributed by atoms with van der Waals surface area (Å²) in [7, 11) is -4.70. The minimum Gasteiger partial charge on any atom is -0.504 e. The quantitative estimate of drug-likeness (QED) is 0.293. The van der Waals surface area contributed by atoms with Gasteiger partial charge in [-0.25, -0.2) is 0 Å². The number of phenols is 1. The van der Waals surface area contributed by atoms with Crippen LogP contribution in [0.2, 0.25) is 0 Å². The van der Waals surface area contributed by atoms with Gasteiger partial charge in [-0.1, -0.05) is 30.3 Å². The molecular weight excluding hydrogens is 374 g/mol. The fourth-order valence-corrected chi connectivity index (χ4v) is 3.23. The van der Waals surface area contributed by atoms with Crippen molar-refractivity contribution in [1.82, 2.24) is 0 Å². The number of hydrogen-bond donors (Lipinski definition) is 2. The third-order valence-electron chi connectivity index (χ3n) is 3.97. The van der Waals surface area contributed by atoms with E-state index in [-0.39, 0.29) is 22.6 Å². The van der Waals surface area contributed by atoms with Crippen LogP contribution >= 0.6 is 0 Å². The van der Waals surface area contributed by atoms with Crippen molar-refractivity contribution in [3.63, 3.8) is 0 Å². The summed E-state index contributed by atoms with van der Waals surface area (Å²) < 4.78 is 32.4. The van der Waals surface area contributed by atoms with Crippen molar-refractivity contribution in [3.05, 3.63) is 64.2 Å². The lowest BCUT2D eigenvalue weighted by Crippen LogP contribution is -1.98. The van der Waals surface area contributed by atoms with Gasteiger partial charge in [0, 0.05) is 11.5 Å². The van der Waals surface area contributed by atoms with Gasteiger partial charge in [-0.05, 0) is 24.4 Å². The largest absolute Gasteiger partial charge is 0.504 e. The van der Waals surface area contributed by atoms with Gasteiger partial charge in [-0.2, -0.15) is 8.42 Å². The highest BCUT2D eigenvalue weighted by atomic mass is 32.2. The van der Waals surface area contributed by atoms with E-state index in [1.54, 1.807) is 24.3 Å². The molecular formula is C17H13N3O6S. The zero-order valence-electron chi connectivity index (χ0n) is 13.9. The van der Waals surface area contributed by atoms with Crippen LogP contribution in [0.3, 0.4) is 0 Å². The van der Waals surface area contributed by atoms with E-state index >= 15 is 0 Å². The number of rotatable bonds is 4. The van der Waals surface area contributed by atoms with E-state index in [0.29, 0.717) is 10.8 Å². The summed E-state index contributed by atoms with van der Waals surface area (Å²) in [4.78, 5) is 9.77. The van der Waals surface area contributed by atoms with E-state index in [2.05, 4.69) is 10.2 Å². The molecule has 10 heteroatoms. The van der Waals surface area contributed by atoms with E-state index in [4.69, 9.17) is 0 Å². The van der Waals surface area contributed by atoms with Gasteiger partial charge in [-0.15, -0.1) is 10.2 Å². The summed E-state index contributed by atoms with van der Waals surface area (Å²) in [5.74, 6) is -0.761. The summed E-state index contributed by atoms with van der Waals surface area (Å²) >= 11 is 0. The molecule has 9 nitrogen and oxygen atoms in total. The number of aromatic hydroxyl groups is 1. The van der Waals surface area contributed by atoms with Crippen LogP contribution < -0.4 is 0 Å². The maximum absolute atomic E-state index is 11.5. The second kappa shape index (κ2) is 6.74. The Hall–Kier alpha value is -3.37. The Labute approximate surface area is 153 Å². The molecule has 0 saturated carbocycles. The molecule has 0 aliphatic heterocycles. The van der Waals surface area contributed by atoms with Gasteiger partial charge in [-0.3, -0.25) is 14.7 Å². The van der Waals surface area contributed by atoms with Crippen molar-refractivity contribution >= 4 is 38.0 Å². The molecule has 138 valence electrons. The van der Waals surface area contributed by atoms with Gasteiger partial charge in [0.25, 0.3) is 15.8 Å². The summed E-state index contributed by atoms with van der Waals surface area (Å²) in [6, 6.07) is 11.9. The maximum Gasteiger partial charge on any atom is 0.298 e. The lowest BCUT2D eigenvalue weighted by molar-refractivity contribution is -0.385. The van der Waals surface area contributed by atoms with Crippen LogP contribution in [0.1, 0.15) is 5.56 Å². The van der Waals surface area contributed by atoms with E-state index in [1.807, 2.05) is 0 Å². The van der Waals surface area contributed by atoms with Gasteiger partial charge in [0.2, 0.25) is 0 Å². The first kappa shape index (κ1) is 18.4. The number of phenolic OH excluding ortho intramolecular Hbond substituents is 1. The van der Waals surface area contributed by atoms with E-state index < -0.39 is 25.7 Å². The normalized spacial score (nSPS) is 11.9. The average molecular weight is 387 g/mol. The topological polar surface area (TPSA) is 142 Å². The highest BCUT2D eigenvalue weighted by Crippen LogP contribution is 2.41.